The molecule has 1 aliphatic carbocycles. The highest BCUT2D eigenvalue weighted by Gasteiger charge is 2.36. The highest BCUT2D eigenvalue weighted by molar-refractivity contribution is 7.89. The van der Waals surface area contributed by atoms with Crippen molar-refractivity contribution >= 4 is 27.5 Å². The summed E-state index contributed by atoms with van der Waals surface area (Å²) in [5, 5.41) is 3.47. The van der Waals surface area contributed by atoms with Crippen LogP contribution in [0.5, 0.6) is 0 Å². The molecule has 1 heterocycles. The number of rotatable bonds is 5. The van der Waals surface area contributed by atoms with E-state index in [9.17, 15) is 13.2 Å². The molecule has 0 radical (unpaired) electrons. The van der Waals surface area contributed by atoms with Crippen molar-refractivity contribution in [2.45, 2.75) is 56.5 Å². The van der Waals surface area contributed by atoms with Gasteiger partial charge in [0.1, 0.15) is 4.90 Å². The molecule has 0 unspecified atom stereocenters. The third kappa shape index (κ3) is 4.70. The zero-order valence-corrected chi connectivity index (χ0v) is 18.2. The molecule has 1 aromatic rings. The van der Waals surface area contributed by atoms with Gasteiger partial charge in [-0.05, 0) is 37.8 Å². The largest absolute Gasteiger partial charge is 0.348 e. The van der Waals surface area contributed by atoms with Gasteiger partial charge in [-0.15, -0.1) is 0 Å². The van der Waals surface area contributed by atoms with Crippen molar-refractivity contribution in [2.75, 3.05) is 26.2 Å². The second-order valence-electron chi connectivity index (χ2n) is 8.09. The molecule has 2 fully saturated rings. The molecule has 1 saturated carbocycles. The molecule has 0 spiro atoms. The summed E-state index contributed by atoms with van der Waals surface area (Å²) in [5.41, 5.74) is 0. The Balaban J connectivity index is 1.57. The normalized spacial score (nSPS) is 26.0. The molecule has 156 valence electrons. The van der Waals surface area contributed by atoms with Crippen molar-refractivity contribution in [2.24, 2.45) is 5.92 Å². The lowest BCUT2D eigenvalue weighted by Crippen LogP contribution is -3.19. The number of hydrogen-bond donors (Lipinski definition) is 2. The van der Waals surface area contributed by atoms with Crippen molar-refractivity contribution < 1.29 is 18.1 Å². The zero-order chi connectivity index (χ0) is 20.3. The third-order valence-electron chi connectivity index (χ3n) is 6.26. The maximum Gasteiger partial charge on any atom is 0.278 e. The number of amides is 1. The smallest absolute Gasteiger partial charge is 0.278 e. The number of carbonyl (C=O) groups excluding carboxylic acids is 1. The van der Waals surface area contributed by atoms with Gasteiger partial charge in [-0.25, -0.2) is 8.42 Å². The number of quaternary nitrogens is 1. The summed E-state index contributed by atoms with van der Waals surface area (Å²) in [5.74, 6) is 0.605. The van der Waals surface area contributed by atoms with Gasteiger partial charge in [0, 0.05) is 6.04 Å². The van der Waals surface area contributed by atoms with Crippen LogP contribution in [-0.2, 0) is 14.8 Å². The van der Waals surface area contributed by atoms with Gasteiger partial charge in [0.25, 0.3) is 5.91 Å². The van der Waals surface area contributed by atoms with Crippen LogP contribution in [0.1, 0.15) is 39.5 Å². The minimum absolute atomic E-state index is 0.0798. The van der Waals surface area contributed by atoms with Crippen LogP contribution in [0.3, 0.4) is 0 Å². The molecule has 3 rings (SSSR count). The van der Waals surface area contributed by atoms with E-state index in [-0.39, 0.29) is 27.9 Å². The Bertz CT molecular complexity index is 794. The Hall–Kier alpha value is -1.15. The van der Waals surface area contributed by atoms with Gasteiger partial charge >= 0.3 is 0 Å². The van der Waals surface area contributed by atoms with Gasteiger partial charge in [-0.3, -0.25) is 4.79 Å². The Morgan fingerprint density at radius 2 is 1.86 bits per heavy atom. The average Bonchev–Trinajstić information content (AvgIpc) is 2.69. The number of halogens is 1. The van der Waals surface area contributed by atoms with Crippen LogP contribution in [0.2, 0.25) is 5.02 Å². The van der Waals surface area contributed by atoms with Crippen molar-refractivity contribution in [3.8, 4) is 0 Å². The molecule has 8 heteroatoms. The SMILES string of the molecule is C[C@H](C(=O)N[C@@H]1CCCC[C@@H]1C)[NH+]1CCN(S(=O)(=O)c2ccccc2Cl)CC1. The summed E-state index contributed by atoms with van der Waals surface area (Å²) < 4.78 is 27.2. The lowest BCUT2D eigenvalue weighted by atomic mass is 9.86. The third-order valence-corrected chi connectivity index (χ3v) is 8.66. The molecule has 2 aliphatic rings. The highest BCUT2D eigenvalue weighted by atomic mass is 35.5. The number of piperazine rings is 1. The number of nitrogens with zero attached hydrogens (tertiary/aromatic N) is 1. The van der Waals surface area contributed by atoms with Crippen LogP contribution >= 0.6 is 11.6 Å². The fourth-order valence-corrected chi connectivity index (χ4v) is 6.20. The second kappa shape index (κ2) is 9.11. The molecule has 28 heavy (non-hydrogen) atoms. The van der Waals surface area contributed by atoms with E-state index in [1.165, 1.54) is 29.6 Å². The summed E-state index contributed by atoms with van der Waals surface area (Å²) in [6.07, 6.45) is 4.65. The van der Waals surface area contributed by atoms with Gasteiger partial charge in [-0.2, -0.15) is 4.31 Å². The van der Waals surface area contributed by atoms with Gasteiger partial charge in [0.05, 0.1) is 31.2 Å². The minimum atomic E-state index is -3.60. The molecule has 1 saturated heterocycles. The summed E-state index contributed by atoms with van der Waals surface area (Å²) in [7, 11) is -3.60. The Kier molecular flexibility index (Phi) is 7.02. The summed E-state index contributed by atoms with van der Waals surface area (Å²) in [6.45, 7) is 6.15. The van der Waals surface area contributed by atoms with Gasteiger partial charge in [-0.1, -0.05) is 43.5 Å². The van der Waals surface area contributed by atoms with Crippen LogP contribution in [0.4, 0.5) is 0 Å². The maximum atomic E-state index is 12.9. The molecule has 2 N–H and O–H groups in total. The fourth-order valence-electron chi connectivity index (χ4n) is 4.26. The highest BCUT2D eigenvalue weighted by Crippen LogP contribution is 2.25. The molecule has 6 nitrogen and oxygen atoms in total. The van der Waals surface area contributed by atoms with Gasteiger partial charge in [0.2, 0.25) is 10.0 Å². The van der Waals surface area contributed by atoms with Gasteiger partial charge in [0.15, 0.2) is 6.04 Å². The predicted molar refractivity (Wildman–Crippen MR) is 110 cm³/mol. The molecule has 0 aromatic heterocycles. The number of nitrogens with one attached hydrogen (secondary N) is 2. The van der Waals surface area contributed by atoms with E-state index < -0.39 is 10.0 Å². The number of sulfonamides is 1. The zero-order valence-electron chi connectivity index (χ0n) is 16.7. The van der Waals surface area contributed by atoms with Gasteiger partial charge < -0.3 is 10.2 Å². The van der Waals surface area contributed by atoms with E-state index >= 15 is 0 Å². The quantitative estimate of drug-likeness (QED) is 0.742. The molecule has 1 amide bonds. The molecule has 3 atom stereocenters. The summed E-state index contributed by atoms with van der Waals surface area (Å²) in [6, 6.07) is 6.62. The van der Waals surface area contributed by atoms with E-state index in [0.717, 1.165) is 11.3 Å². The first kappa shape index (κ1) is 21.6. The van der Waals surface area contributed by atoms with Crippen LogP contribution in [-0.4, -0.2) is 56.9 Å². The first-order chi connectivity index (χ1) is 13.3. The first-order valence-corrected chi connectivity index (χ1v) is 12.0. The topological polar surface area (TPSA) is 70.9 Å². The van der Waals surface area contributed by atoms with Crippen LogP contribution in [0.15, 0.2) is 29.2 Å². The van der Waals surface area contributed by atoms with E-state index in [4.69, 9.17) is 11.6 Å². The van der Waals surface area contributed by atoms with Crippen LogP contribution < -0.4 is 10.2 Å². The van der Waals surface area contributed by atoms with E-state index in [0.29, 0.717) is 32.1 Å². The second-order valence-corrected chi connectivity index (χ2v) is 10.4. The minimum Gasteiger partial charge on any atom is -0.348 e. The number of hydrogen-bond acceptors (Lipinski definition) is 3. The molecule has 1 aliphatic heterocycles. The van der Waals surface area contributed by atoms with Crippen molar-refractivity contribution in [3.63, 3.8) is 0 Å². The average molecular weight is 429 g/mol. The Labute approximate surface area is 173 Å². The van der Waals surface area contributed by atoms with Crippen molar-refractivity contribution in [1.29, 1.82) is 0 Å². The molecular formula is C20H31ClN3O3S+. The first-order valence-electron chi connectivity index (χ1n) is 10.2. The van der Waals surface area contributed by atoms with Crippen molar-refractivity contribution in [1.82, 2.24) is 9.62 Å². The Morgan fingerprint density at radius 3 is 2.50 bits per heavy atom. The summed E-state index contributed by atoms with van der Waals surface area (Å²) >= 11 is 6.09. The van der Waals surface area contributed by atoms with E-state index in [1.54, 1.807) is 18.2 Å². The lowest BCUT2D eigenvalue weighted by Gasteiger charge is -2.36. The van der Waals surface area contributed by atoms with E-state index in [1.807, 2.05) is 6.92 Å². The molecular weight excluding hydrogens is 398 g/mol. The van der Waals surface area contributed by atoms with Crippen LogP contribution in [0.25, 0.3) is 0 Å². The van der Waals surface area contributed by atoms with Crippen LogP contribution in [0, 0.1) is 5.92 Å². The monoisotopic (exact) mass is 428 g/mol. The van der Waals surface area contributed by atoms with E-state index in [2.05, 4.69) is 12.2 Å². The summed E-state index contributed by atoms with van der Waals surface area (Å²) in [4.78, 5) is 14.0. The molecule has 1 aromatic carbocycles. The lowest BCUT2D eigenvalue weighted by molar-refractivity contribution is -0.917. The number of benzene rings is 1. The number of carbonyl (C=O) groups is 1. The fraction of sp³-hybridized carbons (Fsp3) is 0.650. The predicted octanol–water partition coefficient (Wildman–Crippen LogP) is 1.31. The molecule has 0 bridgehead atoms. The standard InChI is InChI=1S/C20H30ClN3O3S/c1-15-7-3-5-9-18(15)22-20(25)16(2)23-11-13-24(14-12-23)28(26,27)19-10-6-4-8-17(19)21/h4,6,8,10,15-16,18H,3,5,7,9,11-14H2,1-2H3,(H,22,25)/p+1/t15-,16+,18+/m0/s1. The maximum absolute atomic E-state index is 12.9. The van der Waals surface area contributed by atoms with Crippen molar-refractivity contribution in [3.05, 3.63) is 29.3 Å². The Morgan fingerprint density at radius 1 is 1.21 bits per heavy atom.